The lowest BCUT2D eigenvalue weighted by Gasteiger charge is -1.94. The van der Waals surface area contributed by atoms with Crippen LogP contribution in [0.15, 0.2) is 12.1 Å². The van der Waals surface area contributed by atoms with Crippen LogP contribution in [0.4, 0.5) is 10.1 Å². The highest BCUT2D eigenvalue weighted by molar-refractivity contribution is 7.22. The molecule has 0 saturated heterocycles. The van der Waals surface area contributed by atoms with Gasteiger partial charge >= 0.3 is 0 Å². The summed E-state index contributed by atoms with van der Waals surface area (Å²) < 4.78 is 13.9. The Bertz CT molecular complexity index is 440. The number of nitrogen functional groups attached to an aromatic ring is 1. The van der Waals surface area contributed by atoms with E-state index in [2.05, 4.69) is 4.98 Å². The first kappa shape index (κ1) is 7.76. The Balaban J connectivity index is 2.89. The van der Waals surface area contributed by atoms with Gasteiger partial charge in [0.1, 0.15) is 5.82 Å². The van der Waals surface area contributed by atoms with Gasteiger partial charge in [0.2, 0.25) is 0 Å². The molecule has 0 aliphatic heterocycles. The molecule has 2 aromatic rings. The van der Waals surface area contributed by atoms with Crippen molar-refractivity contribution in [1.29, 1.82) is 0 Å². The molecule has 1 aromatic heterocycles. The van der Waals surface area contributed by atoms with E-state index in [0.717, 1.165) is 0 Å². The Morgan fingerprint density at radius 3 is 3.00 bits per heavy atom. The molecule has 0 radical (unpaired) electrons. The van der Waals surface area contributed by atoms with Crippen molar-refractivity contribution in [2.75, 3.05) is 5.73 Å². The number of nitrogens with two attached hydrogens (primary N) is 1. The lowest BCUT2D eigenvalue weighted by atomic mass is 10.3. The third kappa shape index (κ3) is 1.04. The maximum absolute atomic E-state index is 12.9. The lowest BCUT2D eigenvalue weighted by Crippen LogP contribution is -1.89. The molecule has 2 N–H and O–H groups in total. The van der Waals surface area contributed by atoms with E-state index in [9.17, 15) is 4.39 Å². The number of thiazole rings is 1. The van der Waals surface area contributed by atoms with Crippen LogP contribution in [-0.2, 0) is 0 Å². The van der Waals surface area contributed by atoms with Gasteiger partial charge in [-0.15, -0.1) is 11.3 Å². The average molecular weight is 203 g/mol. The molecule has 0 spiro atoms. The van der Waals surface area contributed by atoms with Gasteiger partial charge in [-0.25, -0.2) is 9.37 Å². The number of nitrogens with zero attached hydrogens (tertiary/aromatic N) is 1. The van der Waals surface area contributed by atoms with Crippen molar-refractivity contribution >= 4 is 38.8 Å². The van der Waals surface area contributed by atoms with Gasteiger partial charge in [-0.3, -0.25) is 0 Å². The van der Waals surface area contributed by atoms with E-state index in [-0.39, 0.29) is 5.69 Å². The standard InChI is InChI=1S/C7H4ClFN2S/c8-7-11-4-2-1-3(9)5(10)6(4)12-7/h1-2H,10H2. The van der Waals surface area contributed by atoms with Gasteiger partial charge in [0.15, 0.2) is 4.47 Å². The normalized spacial score (nSPS) is 10.8. The van der Waals surface area contributed by atoms with Gasteiger partial charge in [-0.05, 0) is 12.1 Å². The SMILES string of the molecule is Nc1c(F)ccc2nc(Cl)sc12. The van der Waals surface area contributed by atoms with Gasteiger partial charge in [-0.1, -0.05) is 11.6 Å². The van der Waals surface area contributed by atoms with E-state index >= 15 is 0 Å². The smallest absolute Gasteiger partial charge is 0.184 e. The topological polar surface area (TPSA) is 38.9 Å². The van der Waals surface area contributed by atoms with E-state index in [0.29, 0.717) is 14.7 Å². The number of benzene rings is 1. The summed E-state index contributed by atoms with van der Waals surface area (Å²) >= 11 is 6.82. The van der Waals surface area contributed by atoms with Gasteiger partial charge in [0.05, 0.1) is 15.9 Å². The third-order valence-corrected chi connectivity index (χ3v) is 2.73. The summed E-state index contributed by atoms with van der Waals surface area (Å²) in [4.78, 5) is 3.95. The van der Waals surface area contributed by atoms with Crippen LogP contribution in [0.3, 0.4) is 0 Å². The molecular weight excluding hydrogens is 199 g/mol. The van der Waals surface area contributed by atoms with Crippen LogP contribution in [0.2, 0.25) is 4.47 Å². The van der Waals surface area contributed by atoms with Crippen molar-refractivity contribution < 1.29 is 4.39 Å². The van der Waals surface area contributed by atoms with E-state index in [4.69, 9.17) is 17.3 Å². The Morgan fingerprint density at radius 2 is 2.25 bits per heavy atom. The first-order chi connectivity index (χ1) is 5.68. The first-order valence-electron chi connectivity index (χ1n) is 3.18. The van der Waals surface area contributed by atoms with Gasteiger partial charge in [0.25, 0.3) is 0 Å². The summed E-state index contributed by atoms with van der Waals surface area (Å²) in [5.74, 6) is -0.428. The summed E-state index contributed by atoms with van der Waals surface area (Å²) in [6.45, 7) is 0. The lowest BCUT2D eigenvalue weighted by molar-refractivity contribution is 0.634. The fourth-order valence-electron chi connectivity index (χ4n) is 0.961. The second-order valence-electron chi connectivity index (χ2n) is 2.28. The number of aromatic nitrogens is 1. The summed E-state index contributed by atoms with van der Waals surface area (Å²) in [7, 11) is 0. The van der Waals surface area contributed by atoms with E-state index in [1.807, 2.05) is 0 Å². The van der Waals surface area contributed by atoms with Gasteiger partial charge in [-0.2, -0.15) is 0 Å². The highest BCUT2D eigenvalue weighted by Gasteiger charge is 2.08. The van der Waals surface area contributed by atoms with E-state index in [1.165, 1.54) is 17.4 Å². The van der Waals surface area contributed by atoms with Crippen LogP contribution in [0.1, 0.15) is 0 Å². The molecule has 2 nitrogen and oxygen atoms in total. The number of fused-ring (bicyclic) bond motifs is 1. The van der Waals surface area contributed by atoms with Crippen molar-refractivity contribution in [1.82, 2.24) is 4.98 Å². The molecule has 0 unspecified atom stereocenters. The van der Waals surface area contributed by atoms with Crippen LogP contribution in [-0.4, -0.2) is 4.98 Å². The fourth-order valence-corrected chi connectivity index (χ4v) is 2.02. The summed E-state index contributed by atoms with van der Waals surface area (Å²) in [6, 6.07) is 2.84. The molecule has 0 fully saturated rings. The highest BCUT2D eigenvalue weighted by atomic mass is 35.5. The maximum Gasteiger partial charge on any atom is 0.184 e. The fraction of sp³-hybridized carbons (Fsp3) is 0. The molecule has 62 valence electrons. The molecule has 0 aliphatic rings. The summed E-state index contributed by atoms with van der Waals surface area (Å²) in [5.41, 5.74) is 6.23. The second kappa shape index (κ2) is 2.57. The van der Waals surface area contributed by atoms with Crippen molar-refractivity contribution in [3.63, 3.8) is 0 Å². The van der Waals surface area contributed by atoms with Gasteiger partial charge in [0, 0.05) is 0 Å². The van der Waals surface area contributed by atoms with Crippen molar-refractivity contribution in [3.8, 4) is 0 Å². The molecular formula is C7H4ClFN2S. The first-order valence-corrected chi connectivity index (χ1v) is 4.38. The Labute approximate surface area is 76.8 Å². The Kier molecular flexibility index (Phi) is 1.66. The largest absolute Gasteiger partial charge is 0.395 e. The van der Waals surface area contributed by atoms with Crippen LogP contribution in [0.5, 0.6) is 0 Å². The second-order valence-corrected chi connectivity index (χ2v) is 3.86. The van der Waals surface area contributed by atoms with Crippen LogP contribution in [0, 0.1) is 5.82 Å². The average Bonchev–Trinajstić information content (AvgIpc) is 2.39. The van der Waals surface area contributed by atoms with Crippen LogP contribution >= 0.6 is 22.9 Å². The number of halogens is 2. The van der Waals surface area contributed by atoms with Gasteiger partial charge < -0.3 is 5.73 Å². The van der Waals surface area contributed by atoms with Crippen molar-refractivity contribution in [2.45, 2.75) is 0 Å². The van der Waals surface area contributed by atoms with Crippen LogP contribution in [0.25, 0.3) is 10.2 Å². The molecule has 0 atom stereocenters. The predicted molar refractivity (Wildman–Crippen MR) is 49.0 cm³/mol. The molecule has 1 heterocycles. The molecule has 0 aliphatic carbocycles. The molecule has 0 bridgehead atoms. The summed E-state index contributed by atoms with van der Waals surface area (Å²) in [5, 5.41) is 0. The minimum Gasteiger partial charge on any atom is -0.395 e. The Morgan fingerprint density at radius 1 is 1.50 bits per heavy atom. The van der Waals surface area contributed by atoms with Crippen LogP contribution < -0.4 is 5.73 Å². The molecule has 0 amide bonds. The number of hydrogen-bond acceptors (Lipinski definition) is 3. The summed E-state index contributed by atoms with van der Waals surface area (Å²) in [6.07, 6.45) is 0. The minimum absolute atomic E-state index is 0.122. The van der Waals surface area contributed by atoms with Crippen molar-refractivity contribution in [3.05, 3.63) is 22.4 Å². The maximum atomic E-state index is 12.9. The number of hydrogen-bond donors (Lipinski definition) is 1. The quantitative estimate of drug-likeness (QED) is 0.667. The predicted octanol–water partition coefficient (Wildman–Crippen LogP) is 2.67. The zero-order valence-electron chi connectivity index (χ0n) is 5.84. The third-order valence-electron chi connectivity index (χ3n) is 1.52. The molecule has 12 heavy (non-hydrogen) atoms. The number of anilines is 1. The molecule has 1 aromatic carbocycles. The van der Waals surface area contributed by atoms with E-state index < -0.39 is 5.82 Å². The monoisotopic (exact) mass is 202 g/mol. The molecule has 2 rings (SSSR count). The number of rotatable bonds is 0. The Hall–Kier alpha value is -0.870. The zero-order valence-corrected chi connectivity index (χ0v) is 7.42. The zero-order chi connectivity index (χ0) is 8.72. The van der Waals surface area contributed by atoms with Crippen molar-refractivity contribution in [2.24, 2.45) is 0 Å². The molecule has 0 saturated carbocycles. The highest BCUT2D eigenvalue weighted by Crippen LogP contribution is 2.31. The minimum atomic E-state index is -0.428. The van der Waals surface area contributed by atoms with E-state index in [1.54, 1.807) is 6.07 Å². The molecule has 5 heteroatoms.